The molecule has 1 atom stereocenters. The number of likely N-dealkylation sites (tertiary alicyclic amines) is 1. The molecule has 2 aromatic rings. The second-order valence-corrected chi connectivity index (χ2v) is 10.1. The molecule has 6 nitrogen and oxygen atoms in total. The third-order valence-electron chi connectivity index (χ3n) is 6.54. The maximum atomic E-state index is 12.8. The number of carbonyl (C=O) groups is 2. The van der Waals surface area contributed by atoms with E-state index in [1.807, 2.05) is 55.7 Å². The van der Waals surface area contributed by atoms with Crippen molar-refractivity contribution in [1.82, 2.24) is 14.9 Å². The van der Waals surface area contributed by atoms with E-state index in [1.165, 1.54) is 5.56 Å². The summed E-state index contributed by atoms with van der Waals surface area (Å²) in [5.74, 6) is 1.96. The van der Waals surface area contributed by atoms with Crippen molar-refractivity contribution in [2.45, 2.75) is 65.7 Å². The molecule has 0 bridgehead atoms. The van der Waals surface area contributed by atoms with Crippen LogP contribution in [0.2, 0.25) is 0 Å². The van der Waals surface area contributed by atoms with Crippen molar-refractivity contribution in [3.05, 3.63) is 53.0 Å². The molecule has 0 N–H and O–H groups in total. The number of fused-ring (bicyclic) bond motifs is 1. The molecular formula is C26H34N4O2. The summed E-state index contributed by atoms with van der Waals surface area (Å²) < 4.78 is 0. The van der Waals surface area contributed by atoms with Crippen molar-refractivity contribution in [2.24, 2.45) is 5.41 Å². The molecule has 1 aromatic carbocycles. The summed E-state index contributed by atoms with van der Waals surface area (Å²) in [4.78, 5) is 39.3. The normalized spacial score (nSPS) is 19.1. The van der Waals surface area contributed by atoms with Gasteiger partial charge in [0.05, 0.1) is 0 Å². The molecule has 0 radical (unpaired) electrons. The fourth-order valence-electron chi connectivity index (χ4n) is 4.75. The third kappa shape index (κ3) is 4.69. The lowest BCUT2D eigenvalue weighted by molar-refractivity contribution is -0.140. The van der Waals surface area contributed by atoms with Gasteiger partial charge in [-0.25, -0.2) is 9.97 Å². The molecule has 1 aromatic heterocycles. The van der Waals surface area contributed by atoms with Crippen LogP contribution in [0, 0.1) is 12.3 Å². The van der Waals surface area contributed by atoms with Gasteiger partial charge in [-0.15, -0.1) is 0 Å². The van der Waals surface area contributed by atoms with E-state index in [2.05, 4.69) is 12.1 Å². The van der Waals surface area contributed by atoms with E-state index in [9.17, 15) is 9.59 Å². The summed E-state index contributed by atoms with van der Waals surface area (Å²) >= 11 is 0. The summed E-state index contributed by atoms with van der Waals surface area (Å²) in [7, 11) is 0. The van der Waals surface area contributed by atoms with Gasteiger partial charge in [0, 0.05) is 48.6 Å². The molecule has 1 saturated heterocycles. The van der Waals surface area contributed by atoms with Gasteiger partial charge in [-0.1, -0.05) is 51.1 Å². The number of aromatic nitrogens is 2. The molecule has 3 heterocycles. The van der Waals surface area contributed by atoms with E-state index in [0.29, 0.717) is 25.9 Å². The quantitative estimate of drug-likeness (QED) is 0.728. The van der Waals surface area contributed by atoms with E-state index in [-0.39, 0.29) is 17.7 Å². The Bertz CT molecular complexity index is 997. The third-order valence-corrected chi connectivity index (χ3v) is 6.54. The standard InChI is InChI=1S/C26H34N4O2/c1-18-21-12-13-22(31)30(16-14-19-9-6-5-7-10-19)24(21)28-23(27-18)20-11-8-15-29(17-20)25(32)26(2,3)4/h5-7,9-10,20H,8,11-17H2,1-4H3/t20-/m0/s1. The maximum absolute atomic E-state index is 12.8. The van der Waals surface area contributed by atoms with Crippen LogP contribution in [0.3, 0.4) is 0 Å². The van der Waals surface area contributed by atoms with Crippen molar-refractivity contribution < 1.29 is 9.59 Å². The topological polar surface area (TPSA) is 66.4 Å². The number of hydrogen-bond donors (Lipinski definition) is 0. The summed E-state index contributed by atoms with van der Waals surface area (Å²) in [6.07, 6.45) is 3.90. The Morgan fingerprint density at radius 2 is 1.88 bits per heavy atom. The van der Waals surface area contributed by atoms with Crippen LogP contribution in [0.15, 0.2) is 30.3 Å². The fourth-order valence-corrected chi connectivity index (χ4v) is 4.75. The van der Waals surface area contributed by atoms with Gasteiger partial charge < -0.3 is 4.90 Å². The smallest absolute Gasteiger partial charge is 0.228 e. The molecule has 0 unspecified atom stereocenters. The molecule has 0 saturated carbocycles. The van der Waals surface area contributed by atoms with Crippen molar-refractivity contribution in [3.63, 3.8) is 0 Å². The van der Waals surface area contributed by atoms with Gasteiger partial charge >= 0.3 is 0 Å². The first-order chi connectivity index (χ1) is 15.2. The van der Waals surface area contributed by atoms with Crippen LogP contribution in [0.4, 0.5) is 5.82 Å². The zero-order valence-corrected chi connectivity index (χ0v) is 19.7. The number of amides is 2. The molecule has 2 aliphatic rings. The van der Waals surface area contributed by atoms with Crippen molar-refractivity contribution in [1.29, 1.82) is 0 Å². The van der Waals surface area contributed by atoms with Gasteiger partial charge in [0.2, 0.25) is 11.8 Å². The Hall–Kier alpha value is -2.76. The zero-order valence-electron chi connectivity index (χ0n) is 19.7. The molecule has 170 valence electrons. The molecule has 1 fully saturated rings. The van der Waals surface area contributed by atoms with Crippen LogP contribution in [0.25, 0.3) is 0 Å². The van der Waals surface area contributed by atoms with E-state index >= 15 is 0 Å². The van der Waals surface area contributed by atoms with Crippen LogP contribution in [0.5, 0.6) is 0 Å². The predicted molar refractivity (Wildman–Crippen MR) is 126 cm³/mol. The lowest BCUT2D eigenvalue weighted by atomic mass is 9.90. The van der Waals surface area contributed by atoms with E-state index in [1.54, 1.807) is 0 Å². The lowest BCUT2D eigenvalue weighted by Gasteiger charge is -2.36. The summed E-state index contributed by atoms with van der Waals surface area (Å²) in [5.41, 5.74) is 2.86. The Balaban J connectivity index is 1.59. The minimum Gasteiger partial charge on any atom is -0.342 e. The highest BCUT2D eigenvalue weighted by Crippen LogP contribution is 2.33. The van der Waals surface area contributed by atoms with Crippen LogP contribution < -0.4 is 4.90 Å². The summed E-state index contributed by atoms with van der Waals surface area (Å²) in [6, 6.07) is 10.2. The number of anilines is 1. The minimum atomic E-state index is -0.394. The second-order valence-electron chi connectivity index (χ2n) is 10.1. The number of piperidine rings is 1. The van der Waals surface area contributed by atoms with Gasteiger partial charge in [-0.05, 0) is 38.2 Å². The zero-order chi connectivity index (χ0) is 22.9. The van der Waals surface area contributed by atoms with Gasteiger partial charge in [-0.2, -0.15) is 0 Å². The van der Waals surface area contributed by atoms with Crippen LogP contribution in [-0.4, -0.2) is 46.3 Å². The van der Waals surface area contributed by atoms with Gasteiger partial charge in [0.25, 0.3) is 0 Å². The number of rotatable bonds is 4. The number of aryl methyl sites for hydroxylation is 1. The Morgan fingerprint density at radius 3 is 2.59 bits per heavy atom. The average molecular weight is 435 g/mol. The summed E-state index contributed by atoms with van der Waals surface area (Å²) in [5, 5.41) is 0. The van der Waals surface area contributed by atoms with Crippen molar-refractivity contribution in [3.8, 4) is 0 Å². The number of hydrogen-bond acceptors (Lipinski definition) is 4. The van der Waals surface area contributed by atoms with Crippen LogP contribution >= 0.6 is 0 Å². The van der Waals surface area contributed by atoms with E-state index in [0.717, 1.165) is 48.7 Å². The molecule has 6 heteroatoms. The van der Waals surface area contributed by atoms with Gasteiger partial charge in [0.1, 0.15) is 11.6 Å². The van der Waals surface area contributed by atoms with Gasteiger partial charge in [-0.3, -0.25) is 14.5 Å². The highest BCUT2D eigenvalue weighted by Gasteiger charge is 2.34. The monoisotopic (exact) mass is 434 g/mol. The molecule has 4 rings (SSSR count). The highest BCUT2D eigenvalue weighted by atomic mass is 16.2. The largest absolute Gasteiger partial charge is 0.342 e. The number of benzene rings is 1. The Labute approximate surface area is 191 Å². The molecular weight excluding hydrogens is 400 g/mol. The van der Waals surface area contributed by atoms with Gasteiger partial charge in [0.15, 0.2) is 0 Å². The molecule has 0 aliphatic carbocycles. The SMILES string of the molecule is Cc1nc([C@H]2CCCN(C(=O)C(C)(C)C)C2)nc2c1CCC(=O)N2CCc1ccccc1. The maximum Gasteiger partial charge on any atom is 0.228 e. The van der Waals surface area contributed by atoms with Crippen LogP contribution in [-0.2, 0) is 22.4 Å². The minimum absolute atomic E-state index is 0.104. The second kappa shape index (κ2) is 9.00. The summed E-state index contributed by atoms with van der Waals surface area (Å²) in [6.45, 7) is 9.98. The first kappa shape index (κ1) is 22.4. The first-order valence-electron chi connectivity index (χ1n) is 11.7. The van der Waals surface area contributed by atoms with Crippen molar-refractivity contribution in [2.75, 3.05) is 24.5 Å². The predicted octanol–water partition coefficient (Wildman–Crippen LogP) is 4.06. The average Bonchev–Trinajstić information content (AvgIpc) is 2.78. The highest BCUT2D eigenvalue weighted by molar-refractivity contribution is 5.95. The Kier molecular flexibility index (Phi) is 6.31. The van der Waals surface area contributed by atoms with Crippen molar-refractivity contribution >= 4 is 17.6 Å². The number of nitrogens with zero attached hydrogens (tertiary/aromatic N) is 4. The molecule has 0 spiro atoms. The van der Waals surface area contributed by atoms with Crippen LogP contribution in [0.1, 0.15) is 68.6 Å². The number of carbonyl (C=O) groups excluding carboxylic acids is 2. The molecule has 32 heavy (non-hydrogen) atoms. The van der Waals surface area contributed by atoms with E-state index in [4.69, 9.17) is 9.97 Å². The molecule has 2 aliphatic heterocycles. The Morgan fingerprint density at radius 1 is 1.12 bits per heavy atom. The first-order valence-corrected chi connectivity index (χ1v) is 11.7. The fraction of sp³-hybridized carbons (Fsp3) is 0.538. The van der Waals surface area contributed by atoms with E-state index < -0.39 is 5.41 Å². The molecule has 2 amide bonds. The lowest BCUT2D eigenvalue weighted by Crippen LogP contribution is -2.45.